The number of anilines is 1. The second-order valence-corrected chi connectivity index (χ2v) is 7.55. The van der Waals surface area contributed by atoms with Crippen LogP contribution in [0.2, 0.25) is 0 Å². The summed E-state index contributed by atoms with van der Waals surface area (Å²) in [6.45, 7) is 3.93. The van der Waals surface area contributed by atoms with Crippen LogP contribution in [0.4, 0.5) is 5.69 Å². The first-order valence-corrected chi connectivity index (χ1v) is 9.15. The number of halogens is 1. The minimum absolute atomic E-state index is 0.357. The fourth-order valence-electron chi connectivity index (χ4n) is 3.81. The van der Waals surface area contributed by atoms with E-state index < -0.39 is 5.91 Å². The van der Waals surface area contributed by atoms with Crippen molar-refractivity contribution in [2.24, 2.45) is 5.73 Å². The topological polar surface area (TPSA) is 82.0 Å². The summed E-state index contributed by atoms with van der Waals surface area (Å²) in [4.78, 5) is 16.6. The Morgan fingerprint density at radius 2 is 1.88 bits per heavy atom. The van der Waals surface area contributed by atoms with Crippen molar-refractivity contribution in [3.05, 3.63) is 68.9 Å². The van der Waals surface area contributed by atoms with Crippen LogP contribution in [0.25, 0.3) is 22.3 Å². The number of fused-ring (bicyclic) bond motifs is 3. The number of nitrogens with two attached hydrogens (primary N) is 2. The molecular formula is C21H18BrN3O. The molecule has 2 aromatic carbocycles. The van der Waals surface area contributed by atoms with E-state index in [9.17, 15) is 4.79 Å². The summed E-state index contributed by atoms with van der Waals surface area (Å²) in [5.41, 5.74) is 20.9. The monoisotopic (exact) mass is 407 g/mol. The van der Waals surface area contributed by atoms with Gasteiger partial charge in [0.25, 0.3) is 5.91 Å². The van der Waals surface area contributed by atoms with Gasteiger partial charge in [-0.05, 0) is 65.4 Å². The van der Waals surface area contributed by atoms with Crippen molar-refractivity contribution in [3.63, 3.8) is 0 Å². The number of carbonyl (C=O) groups is 1. The highest BCUT2D eigenvalue weighted by atomic mass is 79.9. The molecule has 3 aromatic rings. The van der Waals surface area contributed by atoms with Gasteiger partial charge in [-0.2, -0.15) is 0 Å². The van der Waals surface area contributed by atoms with Gasteiger partial charge in [-0.1, -0.05) is 34.1 Å². The number of hydrogen-bond acceptors (Lipinski definition) is 3. The quantitative estimate of drug-likeness (QED) is 0.483. The lowest BCUT2D eigenvalue weighted by molar-refractivity contribution is 0.0994. The lowest BCUT2D eigenvalue weighted by Crippen LogP contribution is -2.17. The Morgan fingerprint density at radius 3 is 2.62 bits per heavy atom. The smallest absolute Gasteiger partial charge is 0.267 e. The van der Waals surface area contributed by atoms with E-state index in [-0.39, 0.29) is 0 Å². The number of pyridine rings is 1. The highest BCUT2D eigenvalue weighted by molar-refractivity contribution is 9.10. The Morgan fingerprint density at radius 1 is 1.12 bits per heavy atom. The van der Waals surface area contributed by atoms with E-state index in [1.54, 1.807) is 0 Å². The Balaban J connectivity index is 2.12. The Labute approximate surface area is 160 Å². The maximum atomic E-state index is 12.0. The number of primary amides is 1. The molecule has 1 heterocycles. The molecule has 4 N–H and O–H groups in total. The molecule has 1 aromatic heterocycles. The number of aromatic nitrogens is 1. The molecule has 0 bridgehead atoms. The van der Waals surface area contributed by atoms with Crippen molar-refractivity contribution >= 4 is 27.5 Å². The van der Waals surface area contributed by atoms with E-state index in [1.165, 1.54) is 0 Å². The normalized spacial score (nSPS) is 12.0. The zero-order valence-corrected chi connectivity index (χ0v) is 16.1. The number of benzene rings is 2. The van der Waals surface area contributed by atoms with Gasteiger partial charge < -0.3 is 11.5 Å². The molecule has 0 atom stereocenters. The summed E-state index contributed by atoms with van der Waals surface area (Å²) < 4.78 is 1.01. The molecule has 1 amide bonds. The Hall–Kier alpha value is -2.66. The van der Waals surface area contributed by atoms with E-state index in [4.69, 9.17) is 11.5 Å². The molecule has 0 aliphatic heterocycles. The maximum absolute atomic E-state index is 12.0. The minimum Gasteiger partial charge on any atom is -0.398 e. The van der Waals surface area contributed by atoms with Gasteiger partial charge in [-0.3, -0.25) is 4.79 Å². The fourth-order valence-corrected chi connectivity index (χ4v) is 4.22. The van der Waals surface area contributed by atoms with Crippen molar-refractivity contribution in [3.8, 4) is 22.3 Å². The average molecular weight is 408 g/mol. The average Bonchev–Trinajstić information content (AvgIpc) is 2.95. The number of aryl methyl sites for hydroxylation is 1. The molecule has 4 rings (SSSR count). The van der Waals surface area contributed by atoms with E-state index in [2.05, 4.69) is 39.1 Å². The summed E-state index contributed by atoms with van der Waals surface area (Å²) in [6.07, 6.45) is 0.643. The summed E-state index contributed by atoms with van der Waals surface area (Å²) >= 11 is 3.53. The maximum Gasteiger partial charge on any atom is 0.267 e. The van der Waals surface area contributed by atoms with Gasteiger partial charge in [0.05, 0.1) is 0 Å². The van der Waals surface area contributed by atoms with Crippen molar-refractivity contribution in [1.82, 2.24) is 4.98 Å². The Bertz CT molecular complexity index is 1090. The molecule has 0 saturated carbocycles. The van der Waals surface area contributed by atoms with Gasteiger partial charge in [-0.25, -0.2) is 4.98 Å². The lowest BCUT2D eigenvalue weighted by atomic mass is 9.89. The van der Waals surface area contributed by atoms with Gasteiger partial charge in [0.15, 0.2) is 0 Å². The van der Waals surface area contributed by atoms with Crippen molar-refractivity contribution < 1.29 is 4.79 Å². The van der Waals surface area contributed by atoms with Gasteiger partial charge in [0.1, 0.15) is 5.69 Å². The van der Waals surface area contributed by atoms with E-state index in [1.807, 2.05) is 32.0 Å². The number of nitrogen functional groups attached to an aromatic ring is 1. The zero-order valence-electron chi connectivity index (χ0n) is 14.6. The van der Waals surface area contributed by atoms with E-state index in [0.29, 0.717) is 12.1 Å². The van der Waals surface area contributed by atoms with Crippen LogP contribution < -0.4 is 11.5 Å². The number of amides is 1. The molecule has 130 valence electrons. The predicted octanol–water partition coefficient (Wildman–Crippen LogP) is 4.38. The van der Waals surface area contributed by atoms with Crippen molar-refractivity contribution in [1.29, 1.82) is 0 Å². The lowest BCUT2D eigenvalue weighted by Gasteiger charge is -2.17. The van der Waals surface area contributed by atoms with E-state index in [0.717, 1.165) is 54.8 Å². The largest absolute Gasteiger partial charge is 0.398 e. The third-order valence-corrected chi connectivity index (χ3v) is 5.55. The minimum atomic E-state index is -0.493. The van der Waals surface area contributed by atoms with Crippen LogP contribution in [0, 0.1) is 13.8 Å². The molecule has 0 saturated heterocycles. The molecule has 0 radical (unpaired) electrons. The third-order valence-electron chi connectivity index (χ3n) is 5.06. The first-order valence-electron chi connectivity index (χ1n) is 8.36. The molecule has 4 nitrogen and oxygen atoms in total. The van der Waals surface area contributed by atoms with Crippen LogP contribution in [0.5, 0.6) is 0 Å². The second-order valence-electron chi connectivity index (χ2n) is 6.64. The van der Waals surface area contributed by atoms with E-state index >= 15 is 0 Å². The summed E-state index contributed by atoms with van der Waals surface area (Å²) in [5.74, 6) is -0.493. The number of nitrogens with zero attached hydrogens (tertiary/aromatic N) is 1. The number of carbonyl (C=O) groups excluding carboxylic acids is 1. The molecule has 0 spiro atoms. The second kappa shape index (κ2) is 5.95. The third kappa shape index (κ3) is 2.42. The van der Waals surface area contributed by atoms with Crippen LogP contribution >= 0.6 is 15.9 Å². The molecule has 0 unspecified atom stereocenters. The fraction of sp³-hybridized carbons (Fsp3) is 0.143. The first-order chi connectivity index (χ1) is 12.4. The zero-order chi connectivity index (χ0) is 18.6. The van der Waals surface area contributed by atoms with Crippen LogP contribution in [-0.2, 0) is 6.42 Å². The standard InChI is InChI=1S/C21H18BrN3O/c1-10-14(4-3-5-17(10)23)18-11(2)25-20(21(24)26)16-9-12-8-13(22)6-7-15(12)19(16)18/h3-8H,9,23H2,1-2H3,(H2,24,26). The predicted molar refractivity (Wildman–Crippen MR) is 108 cm³/mol. The molecule has 5 heteroatoms. The molecule has 26 heavy (non-hydrogen) atoms. The van der Waals surface area contributed by atoms with Crippen LogP contribution in [0.1, 0.15) is 32.9 Å². The van der Waals surface area contributed by atoms with Crippen LogP contribution in [0.3, 0.4) is 0 Å². The summed E-state index contributed by atoms with van der Waals surface area (Å²) in [7, 11) is 0. The molecule has 1 aliphatic rings. The first kappa shape index (κ1) is 16.8. The van der Waals surface area contributed by atoms with Crippen molar-refractivity contribution in [2.75, 3.05) is 5.73 Å². The summed E-state index contributed by atoms with van der Waals surface area (Å²) in [6, 6.07) is 12.1. The van der Waals surface area contributed by atoms with Gasteiger partial charge >= 0.3 is 0 Å². The van der Waals surface area contributed by atoms with Gasteiger partial charge in [0.2, 0.25) is 0 Å². The van der Waals surface area contributed by atoms with Crippen molar-refractivity contribution in [2.45, 2.75) is 20.3 Å². The molecule has 1 aliphatic carbocycles. The molecule has 0 fully saturated rings. The highest BCUT2D eigenvalue weighted by Gasteiger charge is 2.29. The molecular weight excluding hydrogens is 390 g/mol. The summed E-state index contributed by atoms with van der Waals surface area (Å²) in [5, 5.41) is 0. The SMILES string of the molecule is Cc1nc(C(N)=O)c2c(c1-c1cccc(N)c1C)-c1ccc(Br)cc1C2. The van der Waals surface area contributed by atoms with Gasteiger partial charge in [0, 0.05) is 27.8 Å². The Kier molecular flexibility index (Phi) is 3.84. The number of rotatable bonds is 2. The van der Waals surface area contributed by atoms with Crippen LogP contribution in [-0.4, -0.2) is 10.9 Å². The highest BCUT2D eigenvalue weighted by Crippen LogP contribution is 2.46. The van der Waals surface area contributed by atoms with Gasteiger partial charge in [-0.15, -0.1) is 0 Å². The van der Waals surface area contributed by atoms with Crippen LogP contribution in [0.15, 0.2) is 40.9 Å². The number of hydrogen-bond donors (Lipinski definition) is 2.